The zero-order chi connectivity index (χ0) is 11.6. The highest BCUT2D eigenvalue weighted by Gasteiger charge is 2.13. The van der Waals surface area contributed by atoms with Crippen LogP contribution >= 0.6 is 0 Å². The second-order valence-electron chi connectivity index (χ2n) is 4.18. The molecule has 1 aromatic rings. The van der Waals surface area contributed by atoms with Crippen molar-refractivity contribution in [1.82, 2.24) is 0 Å². The number of nitrogens with two attached hydrogens (primary N) is 1. The molecule has 0 spiro atoms. The number of anilines is 1. The monoisotopic (exact) mass is 208 g/mol. The largest absolute Gasteiger partial charge is 0.394 e. The summed E-state index contributed by atoms with van der Waals surface area (Å²) in [7, 11) is 3.97. The van der Waals surface area contributed by atoms with E-state index in [0.29, 0.717) is 0 Å². The number of nitrogens with zero attached hydrogens (tertiary/aromatic N) is 1. The van der Waals surface area contributed by atoms with Crippen LogP contribution in [0.1, 0.15) is 22.7 Å². The van der Waals surface area contributed by atoms with Gasteiger partial charge in [-0.3, -0.25) is 0 Å². The molecule has 0 bridgehead atoms. The van der Waals surface area contributed by atoms with Crippen LogP contribution in [0.15, 0.2) is 12.1 Å². The topological polar surface area (TPSA) is 49.5 Å². The maximum Gasteiger partial charge on any atom is 0.0625 e. The summed E-state index contributed by atoms with van der Waals surface area (Å²) in [5.41, 5.74) is 10.4. The Morgan fingerprint density at radius 1 is 1.27 bits per heavy atom. The van der Waals surface area contributed by atoms with E-state index in [1.54, 1.807) is 0 Å². The van der Waals surface area contributed by atoms with Crippen LogP contribution in [-0.4, -0.2) is 25.8 Å². The van der Waals surface area contributed by atoms with Crippen LogP contribution in [-0.2, 0) is 0 Å². The van der Waals surface area contributed by atoms with Crippen LogP contribution in [0.3, 0.4) is 0 Å². The van der Waals surface area contributed by atoms with Crippen molar-refractivity contribution in [2.45, 2.75) is 19.9 Å². The molecule has 1 aromatic carbocycles. The van der Waals surface area contributed by atoms with Crippen molar-refractivity contribution >= 4 is 5.69 Å². The molecule has 0 aliphatic heterocycles. The Bertz CT molecular complexity index is 348. The second-order valence-corrected chi connectivity index (χ2v) is 4.18. The Hall–Kier alpha value is -1.06. The third-order valence-corrected chi connectivity index (χ3v) is 2.72. The first kappa shape index (κ1) is 12.0. The minimum absolute atomic E-state index is 0.0245. The van der Waals surface area contributed by atoms with E-state index in [0.717, 1.165) is 11.3 Å². The van der Waals surface area contributed by atoms with Crippen LogP contribution in [0.4, 0.5) is 5.69 Å². The molecular formula is C12H20N2O. The first-order valence-electron chi connectivity index (χ1n) is 5.12. The van der Waals surface area contributed by atoms with Gasteiger partial charge in [-0.2, -0.15) is 0 Å². The van der Waals surface area contributed by atoms with Gasteiger partial charge in [-0.25, -0.2) is 0 Å². The highest BCUT2D eigenvalue weighted by molar-refractivity contribution is 5.57. The lowest BCUT2D eigenvalue weighted by molar-refractivity contribution is 0.268. The maximum atomic E-state index is 9.11. The van der Waals surface area contributed by atoms with E-state index in [9.17, 15) is 0 Å². The summed E-state index contributed by atoms with van der Waals surface area (Å²) in [4.78, 5) is 2.03. The van der Waals surface area contributed by atoms with Gasteiger partial charge in [-0.05, 0) is 36.6 Å². The zero-order valence-electron chi connectivity index (χ0n) is 9.91. The van der Waals surface area contributed by atoms with E-state index in [4.69, 9.17) is 10.8 Å². The molecule has 0 aromatic heterocycles. The fourth-order valence-electron chi connectivity index (χ4n) is 1.61. The van der Waals surface area contributed by atoms with Gasteiger partial charge in [-0.1, -0.05) is 6.07 Å². The molecule has 0 radical (unpaired) electrons. The molecule has 0 saturated heterocycles. The Balaban J connectivity index is 3.28. The van der Waals surface area contributed by atoms with Crippen molar-refractivity contribution in [1.29, 1.82) is 0 Å². The van der Waals surface area contributed by atoms with E-state index in [1.165, 1.54) is 11.1 Å². The van der Waals surface area contributed by atoms with Crippen LogP contribution in [0, 0.1) is 13.8 Å². The molecule has 0 amide bonds. The van der Waals surface area contributed by atoms with Gasteiger partial charge in [-0.15, -0.1) is 0 Å². The molecule has 3 nitrogen and oxygen atoms in total. The third kappa shape index (κ3) is 2.49. The third-order valence-electron chi connectivity index (χ3n) is 2.72. The Morgan fingerprint density at radius 3 is 2.27 bits per heavy atom. The molecule has 3 N–H and O–H groups in total. The Kier molecular flexibility index (Phi) is 3.72. The van der Waals surface area contributed by atoms with E-state index >= 15 is 0 Å². The lowest BCUT2D eigenvalue weighted by Crippen LogP contribution is -2.20. The van der Waals surface area contributed by atoms with Gasteiger partial charge in [0, 0.05) is 19.8 Å². The van der Waals surface area contributed by atoms with Gasteiger partial charge >= 0.3 is 0 Å². The minimum Gasteiger partial charge on any atom is -0.394 e. The highest BCUT2D eigenvalue weighted by atomic mass is 16.3. The van der Waals surface area contributed by atoms with E-state index in [-0.39, 0.29) is 12.6 Å². The van der Waals surface area contributed by atoms with Gasteiger partial charge in [0.15, 0.2) is 0 Å². The second kappa shape index (κ2) is 4.64. The molecular weight excluding hydrogens is 188 g/mol. The number of hydrogen-bond acceptors (Lipinski definition) is 3. The Morgan fingerprint density at radius 2 is 1.80 bits per heavy atom. The lowest BCUT2D eigenvalue weighted by atomic mass is 9.99. The summed E-state index contributed by atoms with van der Waals surface area (Å²) in [6.45, 7) is 4.11. The molecule has 15 heavy (non-hydrogen) atoms. The first-order valence-corrected chi connectivity index (χ1v) is 5.12. The summed E-state index contributed by atoms with van der Waals surface area (Å²) >= 11 is 0. The van der Waals surface area contributed by atoms with Gasteiger partial charge in [0.2, 0.25) is 0 Å². The van der Waals surface area contributed by atoms with Crippen molar-refractivity contribution in [3.05, 3.63) is 28.8 Å². The van der Waals surface area contributed by atoms with Gasteiger partial charge < -0.3 is 15.7 Å². The van der Waals surface area contributed by atoms with Gasteiger partial charge in [0.1, 0.15) is 0 Å². The number of aliphatic hydroxyl groups is 1. The SMILES string of the molecule is Cc1cc(C(N)CO)c(N(C)C)cc1C. The fourth-order valence-corrected chi connectivity index (χ4v) is 1.61. The molecule has 0 saturated carbocycles. The quantitative estimate of drug-likeness (QED) is 0.788. The summed E-state index contributed by atoms with van der Waals surface area (Å²) in [6.07, 6.45) is 0. The lowest BCUT2D eigenvalue weighted by Gasteiger charge is -2.22. The van der Waals surface area contributed by atoms with E-state index < -0.39 is 0 Å². The number of rotatable bonds is 3. The number of hydrogen-bond donors (Lipinski definition) is 2. The summed E-state index contributed by atoms with van der Waals surface area (Å²) in [6, 6.07) is 3.87. The zero-order valence-corrected chi connectivity index (χ0v) is 9.91. The first-order chi connectivity index (χ1) is 6.97. The molecule has 1 rings (SSSR count). The van der Waals surface area contributed by atoms with Crippen LogP contribution in [0.5, 0.6) is 0 Å². The van der Waals surface area contributed by atoms with Crippen molar-refractivity contribution in [2.75, 3.05) is 25.6 Å². The standard InChI is InChI=1S/C12H20N2O/c1-8-5-10(11(13)7-15)12(14(3)4)6-9(8)2/h5-6,11,15H,7,13H2,1-4H3. The maximum absolute atomic E-state index is 9.11. The van der Waals surface area contributed by atoms with Crippen molar-refractivity contribution in [3.8, 4) is 0 Å². The van der Waals surface area contributed by atoms with Crippen molar-refractivity contribution in [2.24, 2.45) is 5.73 Å². The smallest absolute Gasteiger partial charge is 0.0625 e. The average molecular weight is 208 g/mol. The summed E-state index contributed by atoms with van der Waals surface area (Å²) < 4.78 is 0. The number of aliphatic hydroxyl groups excluding tert-OH is 1. The molecule has 1 atom stereocenters. The van der Waals surface area contributed by atoms with E-state index in [1.807, 2.05) is 19.0 Å². The van der Waals surface area contributed by atoms with Crippen molar-refractivity contribution in [3.63, 3.8) is 0 Å². The number of benzene rings is 1. The van der Waals surface area contributed by atoms with Crippen LogP contribution in [0.25, 0.3) is 0 Å². The van der Waals surface area contributed by atoms with Gasteiger partial charge in [0.25, 0.3) is 0 Å². The molecule has 3 heteroatoms. The normalized spacial score (nSPS) is 12.7. The average Bonchev–Trinajstić information content (AvgIpc) is 2.20. The molecule has 0 aliphatic carbocycles. The summed E-state index contributed by atoms with van der Waals surface area (Å²) in [5, 5.41) is 9.11. The summed E-state index contributed by atoms with van der Waals surface area (Å²) in [5.74, 6) is 0. The van der Waals surface area contributed by atoms with Crippen LogP contribution < -0.4 is 10.6 Å². The Labute approximate surface area is 91.5 Å². The molecule has 84 valence electrons. The molecule has 0 heterocycles. The highest BCUT2D eigenvalue weighted by Crippen LogP contribution is 2.27. The predicted molar refractivity (Wildman–Crippen MR) is 64.3 cm³/mol. The fraction of sp³-hybridized carbons (Fsp3) is 0.500. The predicted octanol–water partition coefficient (Wildman–Crippen LogP) is 1.36. The molecule has 0 aliphatic rings. The van der Waals surface area contributed by atoms with Gasteiger partial charge in [0.05, 0.1) is 12.6 Å². The van der Waals surface area contributed by atoms with Crippen molar-refractivity contribution < 1.29 is 5.11 Å². The van der Waals surface area contributed by atoms with Crippen LogP contribution in [0.2, 0.25) is 0 Å². The molecule has 0 fully saturated rings. The molecule has 1 unspecified atom stereocenters. The number of aryl methyl sites for hydroxylation is 2. The van der Waals surface area contributed by atoms with E-state index in [2.05, 4.69) is 26.0 Å². The minimum atomic E-state index is -0.304.